The average Bonchev–Trinajstić information content (AvgIpc) is 3.25. The summed E-state index contributed by atoms with van der Waals surface area (Å²) in [6.45, 7) is 2.37. The molecule has 3 heterocycles. The number of nitrogen functional groups attached to an aromatic ring is 1. The number of esters is 1. The van der Waals surface area contributed by atoms with Crippen molar-refractivity contribution in [3.8, 4) is 0 Å². The van der Waals surface area contributed by atoms with Crippen LogP contribution in [0.15, 0.2) is 21.8 Å². The lowest BCUT2D eigenvalue weighted by molar-refractivity contribution is -0.142. The number of carbonyl (C=O) groups excluding carboxylic acids is 2. The Morgan fingerprint density at radius 3 is 2.72 bits per heavy atom. The van der Waals surface area contributed by atoms with E-state index < -0.39 is 30.4 Å². The van der Waals surface area contributed by atoms with E-state index in [1.54, 1.807) is 0 Å². The lowest BCUT2D eigenvalue weighted by Crippen LogP contribution is -2.44. The minimum absolute atomic E-state index is 0.174. The predicted molar refractivity (Wildman–Crippen MR) is 115 cm³/mol. The number of hydrogen-bond donors (Lipinski definition) is 5. The fraction of sp³-hybridized carbons (Fsp3) is 0.412. The Morgan fingerprint density at radius 2 is 2.12 bits per heavy atom. The van der Waals surface area contributed by atoms with Crippen molar-refractivity contribution in [3.05, 3.63) is 22.3 Å². The number of nitrogens with one attached hydrogen (secondary N) is 2. The van der Waals surface area contributed by atoms with Gasteiger partial charge in [-0.3, -0.25) is 9.59 Å². The van der Waals surface area contributed by atoms with E-state index in [-0.39, 0.29) is 34.6 Å². The molecule has 0 saturated carbocycles. The zero-order valence-corrected chi connectivity index (χ0v) is 18.6. The highest BCUT2D eigenvalue weighted by Crippen LogP contribution is 2.30. The highest BCUT2D eigenvalue weighted by Gasteiger charge is 2.36. The summed E-state index contributed by atoms with van der Waals surface area (Å²) < 4.78 is 5.17. The zero-order valence-electron chi connectivity index (χ0n) is 17.0. The normalized spacial score (nSPS) is 19.7. The molecule has 174 valence electrons. The smallest absolute Gasteiger partial charge is 0.355 e. The van der Waals surface area contributed by atoms with Crippen molar-refractivity contribution in [1.29, 1.82) is 0 Å². The summed E-state index contributed by atoms with van der Waals surface area (Å²) in [5, 5.41) is 26.9. The van der Waals surface area contributed by atoms with Gasteiger partial charge in [0.2, 0.25) is 6.61 Å². The summed E-state index contributed by atoms with van der Waals surface area (Å²) in [5.41, 5.74) is 6.91. The maximum Gasteiger partial charge on any atom is 0.355 e. The number of aliphatic carboxylic acids is 2. The van der Waals surface area contributed by atoms with E-state index in [4.69, 9.17) is 25.5 Å². The first kappa shape index (κ1) is 24.9. The van der Waals surface area contributed by atoms with Gasteiger partial charge in [0.1, 0.15) is 17.5 Å². The summed E-state index contributed by atoms with van der Waals surface area (Å²) in [4.78, 5) is 52.6. The Bertz CT molecular complexity index is 956. The second-order valence-corrected chi connectivity index (χ2v) is 8.38. The Hall–Kier alpha value is -3.33. The number of cyclic esters (lactones) is 1. The number of thiazole rings is 1. The van der Waals surface area contributed by atoms with Crippen LogP contribution in [0.1, 0.15) is 19.5 Å². The van der Waals surface area contributed by atoms with Gasteiger partial charge in [0.25, 0.3) is 11.9 Å². The molecule has 1 aromatic heterocycles. The Morgan fingerprint density at radius 1 is 1.44 bits per heavy atom. The second kappa shape index (κ2) is 11.3. The molecule has 0 spiro atoms. The molecule has 0 aliphatic carbocycles. The summed E-state index contributed by atoms with van der Waals surface area (Å²) >= 11 is 2.63. The monoisotopic (exact) mass is 487 g/mol. The molecular formula is C17H21N5O8S2. The SMILES string of the molecule is CC(=O)O.CC1OC(=O)C2=C1CS[C@H](CNC(=O)/C(=N\OCC(=O)O)c1csc(N)n1)N2. The van der Waals surface area contributed by atoms with Gasteiger partial charge in [0.05, 0.1) is 5.37 Å². The Kier molecular flexibility index (Phi) is 8.83. The van der Waals surface area contributed by atoms with E-state index in [1.807, 2.05) is 6.92 Å². The van der Waals surface area contributed by atoms with Gasteiger partial charge in [-0.1, -0.05) is 5.16 Å². The van der Waals surface area contributed by atoms with Crippen LogP contribution in [0.4, 0.5) is 5.13 Å². The van der Waals surface area contributed by atoms with Crippen molar-refractivity contribution >= 4 is 57.8 Å². The molecule has 0 radical (unpaired) electrons. The van der Waals surface area contributed by atoms with Gasteiger partial charge >= 0.3 is 11.9 Å². The van der Waals surface area contributed by atoms with Crippen LogP contribution in [-0.2, 0) is 28.8 Å². The molecule has 2 atom stereocenters. The first-order valence-corrected chi connectivity index (χ1v) is 10.9. The van der Waals surface area contributed by atoms with Crippen molar-refractivity contribution in [3.63, 3.8) is 0 Å². The van der Waals surface area contributed by atoms with Gasteiger partial charge in [0.15, 0.2) is 10.8 Å². The van der Waals surface area contributed by atoms with Crippen molar-refractivity contribution in [2.45, 2.75) is 25.3 Å². The molecule has 3 rings (SSSR count). The maximum absolute atomic E-state index is 12.5. The molecule has 1 unspecified atom stereocenters. The summed E-state index contributed by atoms with van der Waals surface area (Å²) in [6, 6.07) is 0. The minimum atomic E-state index is -1.23. The van der Waals surface area contributed by atoms with E-state index in [9.17, 15) is 14.4 Å². The third-order valence-electron chi connectivity index (χ3n) is 3.82. The molecule has 6 N–H and O–H groups in total. The van der Waals surface area contributed by atoms with Crippen molar-refractivity contribution < 1.29 is 39.0 Å². The lowest BCUT2D eigenvalue weighted by Gasteiger charge is -2.24. The number of rotatable bonds is 7. The summed E-state index contributed by atoms with van der Waals surface area (Å²) in [6.07, 6.45) is -0.252. The van der Waals surface area contributed by atoms with Crippen molar-refractivity contribution in [2.75, 3.05) is 24.6 Å². The fourth-order valence-corrected chi connectivity index (χ4v) is 4.20. The summed E-state index contributed by atoms with van der Waals surface area (Å²) in [5.74, 6) is -2.46. The van der Waals surface area contributed by atoms with E-state index in [1.165, 1.54) is 17.1 Å². The molecule has 2 aliphatic rings. The molecule has 0 aromatic carbocycles. The minimum Gasteiger partial charge on any atom is -0.481 e. The zero-order chi connectivity index (χ0) is 23.8. The molecule has 2 aliphatic heterocycles. The van der Waals surface area contributed by atoms with Gasteiger partial charge in [-0.15, -0.1) is 23.1 Å². The van der Waals surface area contributed by atoms with Crippen LogP contribution in [0.3, 0.4) is 0 Å². The fourth-order valence-electron chi connectivity index (χ4n) is 2.49. The number of carboxylic acid groups (broad SMARTS) is 2. The lowest BCUT2D eigenvalue weighted by atomic mass is 10.1. The third-order valence-corrected chi connectivity index (χ3v) is 5.66. The van der Waals surface area contributed by atoms with Crippen LogP contribution < -0.4 is 16.4 Å². The molecule has 0 saturated heterocycles. The number of aromatic nitrogens is 1. The highest BCUT2D eigenvalue weighted by molar-refractivity contribution is 8.00. The molecule has 1 aromatic rings. The number of anilines is 1. The molecule has 13 nitrogen and oxygen atoms in total. The number of oxime groups is 1. The highest BCUT2D eigenvalue weighted by atomic mass is 32.2. The van der Waals surface area contributed by atoms with Crippen LogP contribution >= 0.6 is 23.1 Å². The van der Waals surface area contributed by atoms with E-state index in [0.717, 1.165) is 23.8 Å². The first-order chi connectivity index (χ1) is 15.1. The van der Waals surface area contributed by atoms with E-state index in [2.05, 4.69) is 25.6 Å². The van der Waals surface area contributed by atoms with Crippen LogP contribution in [-0.4, -0.2) is 75.1 Å². The molecular weight excluding hydrogens is 466 g/mol. The first-order valence-electron chi connectivity index (χ1n) is 9.01. The molecule has 32 heavy (non-hydrogen) atoms. The molecule has 1 amide bonds. The second-order valence-electron chi connectivity index (χ2n) is 6.30. The van der Waals surface area contributed by atoms with Gasteiger partial charge in [-0.05, 0) is 6.92 Å². The quantitative estimate of drug-likeness (QED) is 0.189. The van der Waals surface area contributed by atoms with Crippen LogP contribution in [0.2, 0.25) is 0 Å². The van der Waals surface area contributed by atoms with Gasteiger partial charge in [-0.25, -0.2) is 14.6 Å². The van der Waals surface area contributed by atoms with Crippen molar-refractivity contribution in [1.82, 2.24) is 15.6 Å². The average molecular weight is 488 g/mol. The number of nitrogens with zero attached hydrogens (tertiary/aromatic N) is 2. The van der Waals surface area contributed by atoms with E-state index in [0.29, 0.717) is 11.4 Å². The third kappa shape index (κ3) is 7.12. The van der Waals surface area contributed by atoms with Gasteiger partial charge in [0, 0.05) is 30.2 Å². The van der Waals surface area contributed by atoms with Gasteiger partial charge in [-0.2, -0.15) is 0 Å². The number of amides is 1. The van der Waals surface area contributed by atoms with Crippen LogP contribution in [0.25, 0.3) is 0 Å². The topological polar surface area (TPSA) is 203 Å². The van der Waals surface area contributed by atoms with Crippen molar-refractivity contribution in [2.24, 2.45) is 5.16 Å². The molecule has 0 bridgehead atoms. The number of nitrogens with two attached hydrogens (primary N) is 1. The van der Waals surface area contributed by atoms with Crippen LogP contribution in [0.5, 0.6) is 0 Å². The molecule has 0 fully saturated rings. The summed E-state index contributed by atoms with van der Waals surface area (Å²) in [7, 11) is 0. The standard InChI is InChI=1S/C15H17N5O6S2.C2H4O2/c1-6-7-4-27-9(19-11(7)14(24)26-6)2-17-13(23)12(20-25-3-10(21)22)8-5-28-15(16)18-8;1-2(3)4/h5-6,9,19H,2-4H2,1H3,(H2,16,18)(H,17,23)(H,21,22);1H3,(H,3,4)/b20-12-;/t6?,9-;/m1./s1. The number of carboxylic acids is 2. The number of carbonyl (C=O) groups is 4. The van der Waals surface area contributed by atoms with E-state index >= 15 is 0 Å². The van der Waals surface area contributed by atoms with Gasteiger partial charge < -0.3 is 36.2 Å². The number of ether oxygens (including phenoxy) is 1. The maximum atomic E-state index is 12.5. The number of thioether (sulfide) groups is 1. The largest absolute Gasteiger partial charge is 0.481 e. The molecule has 15 heteroatoms. The predicted octanol–water partition coefficient (Wildman–Crippen LogP) is -0.400. The Labute approximate surface area is 190 Å². The Balaban J connectivity index is 0.000000837. The van der Waals surface area contributed by atoms with Crippen LogP contribution in [0, 0.1) is 0 Å². The number of hydrogen-bond acceptors (Lipinski definition) is 12.